The van der Waals surface area contributed by atoms with Gasteiger partial charge in [-0.2, -0.15) is 0 Å². The molecule has 0 aromatic heterocycles. The Morgan fingerprint density at radius 3 is 1.40 bits per heavy atom. The second kappa shape index (κ2) is 29.4. The first kappa shape index (κ1) is 45.8. The number of carbonyl (C=O) groups is 4. The van der Waals surface area contributed by atoms with E-state index >= 15 is 0 Å². The van der Waals surface area contributed by atoms with Crippen molar-refractivity contribution < 1.29 is 42.9 Å². The average Bonchev–Trinajstić information content (AvgIpc) is 3.05. The van der Waals surface area contributed by atoms with Gasteiger partial charge in [-0.3, -0.25) is 19.2 Å². The molecule has 0 spiro atoms. The standard InChI is InChI=1S/C40H73NO9/c1-7-9-11-13-15-17-19-21-23-25-27-35(28-26-24-22-20-18-16-14-12-10-8-2)29-47-40-37(41-31(3)42)39(49-34(6)45)38(48-33(5)44)36(50-40)30-46-32(4)43/h35-40H,7-30H2,1-6H3,(H,41,42). The van der Waals surface area contributed by atoms with Crippen LogP contribution in [0.1, 0.15) is 183 Å². The molecule has 0 radical (unpaired) electrons. The average molecular weight is 712 g/mol. The minimum Gasteiger partial charge on any atom is -0.463 e. The molecule has 0 aliphatic carbocycles. The fourth-order valence-corrected chi connectivity index (χ4v) is 6.82. The molecular formula is C40H73NO9. The van der Waals surface area contributed by atoms with Crippen LogP contribution in [0.25, 0.3) is 0 Å². The maximum atomic E-state index is 12.3. The SMILES string of the molecule is CCCCCCCCCCCCC(CCCCCCCCCCCC)COC1OC(COC(C)=O)C(OC(C)=O)C(OC(C)=O)C1NC(C)=O. The zero-order valence-corrected chi connectivity index (χ0v) is 32.6. The molecule has 5 unspecified atom stereocenters. The summed E-state index contributed by atoms with van der Waals surface area (Å²) in [5.74, 6) is -1.86. The molecule has 1 N–H and O–H groups in total. The quantitative estimate of drug-likeness (QED) is 0.0442. The molecule has 1 rings (SSSR count). The molecular weight excluding hydrogens is 638 g/mol. The number of rotatable bonds is 30. The molecule has 10 heteroatoms. The first-order chi connectivity index (χ1) is 24.1. The van der Waals surface area contributed by atoms with E-state index in [1.54, 1.807) is 0 Å². The van der Waals surface area contributed by atoms with E-state index in [1.807, 2.05) is 0 Å². The predicted molar refractivity (Wildman–Crippen MR) is 196 cm³/mol. The summed E-state index contributed by atoms with van der Waals surface area (Å²) in [4.78, 5) is 48.3. The lowest BCUT2D eigenvalue weighted by Crippen LogP contribution is -2.66. The van der Waals surface area contributed by atoms with Gasteiger partial charge in [0.05, 0.1) is 6.61 Å². The van der Waals surface area contributed by atoms with Gasteiger partial charge < -0.3 is 29.0 Å². The predicted octanol–water partition coefficient (Wildman–Crippen LogP) is 8.90. The number of ether oxygens (including phenoxy) is 5. The topological polar surface area (TPSA) is 126 Å². The Balaban J connectivity index is 2.92. The van der Waals surface area contributed by atoms with Crippen molar-refractivity contribution in [2.24, 2.45) is 5.92 Å². The van der Waals surface area contributed by atoms with E-state index in [-0.39, 0.29) is 12.5 Å². The fourth-order valence-electron chi connectivity index (χ4n) is 6.82. The van der Waals surface area contributed by atoms with Gasteiger partial charge in [0.15, 0.2) is 18.5 Å². The van der Waals surface area contributed by atoms with Gasteiger partial charge in [0.2, 0.25) is 5.91 Å². The summed E-state index contributed by atoms with van der Waals surface area (Å²) in [5, 5.41) is 2.81. The van der Waals surface area contributed by atoms with Gasteiger partial charge in [0, 0.05) is 27.7 Å². The van der Waals surface area contributed by atoms with Crippen LogP contribution in [-0.2, 0) is 42.9 Å². The molecule has 1 heterocycles. The van der Waals surface area contributed by atoms with Crippen LogP contribution in [0.15, 0.2) is 0 Å². The van der Waals surface area contributed by atoms with Crippen LogP contribution < -0.4 is 5.32 Å². The normalized spacial score (nSPS) is 20.4. The van der Waals surface area contributed by atoms with Crippen molar-refractivity contribution in [1.29, 1.82) is 0 Å². The Bertz CT molecular complexity index is 889. The molecule has 292 valence electrons. The summed E-state index contributed by atoms with van der Waals surface area (Å²) >= 11 is 0. The van der Waals surface area contributed by atoms with Crippen LogP contribution in [0.3, 0.4) is 0 Å². The molecule has 1 aliphatic heterocycles. The summed E-state index contributed by atoms with van der Waals surface area (Å²) in [7, 11) is 0. The van der Waals surface area contributed by atoms with Gasteiger partial charge in [0.1, 0.15) is 18.8 Å². The summed E-state index contributed by atoms with van der Waals surface area (Å²) in [6.45, 7) is 9.77. The third kappa shape index (κ3) is 22.6. The number of hydrogen-bond acceptors (Lipinski definition) is 9. The summed E-state index contributed by atoms with van der Waals surface area (Å²) in [5.41, 5.74) is 0. The summed E-state index contributed by atoms with van der Waals surface area (Å²) in [6.07, 6.45) is 23.4. The zero-order chi connectivity index (χ0) is 37.0. The van der Waals surface area contributed by atoms with Crippen molar-refractivity contribution in [3.05, 3.63) is 0 Å². The van der Waals surface area contributed by atoms with Crippen LogP contribution in [0.5, 0.6) is 0 Å². The third-order valence-corrected chi connectivity index (χ3v) is 9.50. The Labute approximate surface area is 304 Å². The Hall–Kier alpha value is -2.20. The van der Waals surface area contributed by atoms with Crippen molar-refractivity contribution in [1.82, 2.24) is 5.32 Å². The van der Waals surface area contributed by atoms with E-state index < -0.39 is 48.6 Å². The minimum atomic E-state index is -1.12. The van der Waals surface area contributed by atoms with Gasteiger partial charge in [-0.05, 0) is 18.8 Å². The van der Waals surface area contributed by atoms with Crippen LogP contribution in [-0.4, -0.2) is 67.7 Å². The molecule has 10 nitrogen and oxygen atoms in total. The van der Waals surface area contributed by atoms with Crippen molar-refractivity contribution in [3.63, 3.8) is 0 Å². The highest BCUT2D eigenvalue weighted by molar-refractivity contribution is 5.73. The Morgan fingerprint density at radius 1 is 0.580 bits per heavy atom. The van der Waals surface area contributed by atoms with E-state index in [0.29, 0.717) is 12.5 Å². The molecule has 0 bridgehead atoms. The van der Waals surface area contributed by atoms with Crippen molar-refractivity contribution in [2.75, 3.05) is 13.2 Å². The number of esters is 3. The highest BCUT2D eigenvalue weighted by atomic mass is 16.7. The van der Waals surface area contributed by atoms with Gasteiger partial charge in [0.25, 0.3) is 0 Å². The van der Waals surface area contributed by atoms with E-state index in [1.165, 1.54) is 143 Å². The van der Waals surface area contributed by atoms with Gasteiger partial charge in [-0.25, -0.2) is 0 Å². The smallest absolute Gasteiger partial charge is 0.303 e. The fraction of sp³-hybridized carbons (Fsp3) is 0.900. The Morgan fingerprint density at radius 2 is 1.00 bits per heavy atom. The van der Waals surface area contributed by atoms with Crippen LogP contribution in [0.4, 0.5) is 0 Å². The maximum absolute atomic E-state index is 12.3. The number of unbranched alkanes of at least 4 members (excludes halogenated alkanes) is 18. The molecule has 1 aliphatic rings. The van der Waals surface area contributed by atoms with E-state index in [2.05, 4.69) is 19.2 Å². The van der Waals surface area contributed by atoms with Crippen LogP contribution in [0, 0.1) is 5.92 Å². The highest BCUT2D eigenvalue weighted by Crippen LogP contribution is 2.29. The van der Waals surface area contributed by atoms with E-state index in [0.717, 1.165) is 25.7 Å². The largest absolute Gasteiger partial charge is 0.463 e. The van der Waals surface area contributed by atoms with E-state index in [9.17, 15) is 19.2 Å². The lowest BCUT2D eigenvalue weighted by Gasteiger charge is -2.45. The first-order valence-electron chi connectivity index (χ1n) is 20.1. The highest BCUT2D eigenvalue weighted by Gasteiger charge is 2.51. The van der Waals surface area contributed by atoms with Crippen molar-refractivity contribution >= 4 is 23.8 Å². The number of amides is 1. The second-order valence-electron chi connectivity index (χ2n) is 14.4. The molecule has 1 fully saturated rings. The molecule has 0 saturated carbocycles. The monoisotopic (exact) mass is 712 g/mol. The zero-order valence-electron chi connectivity index (χ0n) is 32.6. The van der Waals surface area contributed by atoms with Crippen LogP contribution in [0.2, 0.25) is 0 Å². The summed E-state index contributed by atoms with van der Waals surface area (Å²) < 4.78 is 29.1. The number of carbonyl (C=O) groups excluding carboxylic acids is 4. The lowest BCUT2D eigenvalue weighted by molar-refractivity contribution is -0.280. The lowest BCUT2D eigenvalue weighted by atomic mass is 9.94. The number of nitrogens with one attached hydrogen (secondary N) is 1. The third-order valence-electron chi connectivity index (χ3n) is 9.50. The number of hydrogen-bond donors (Lipinski definition) is 1. The molecule has 1 amide bonds. The van der Waals surface area contributed by atoms with Gasteiger partial charge in [-0.15, -0.1) is 0 Å². The minimum absolute atomic E-state index is 0.238. The molecule has 1 saturated heterocycles. The van der Waals surface area contributed by atoms with Gasteiger partial charge >= 0.3 is 17.9 Å². The summed E-state index contributed by atoms with van der Waals surface area (Å²) in [6, 6.07) is -0.940. The van der Waals surface area contributed by atoms with Crippen LogP contribution >= 0.6 is 0 Å². The van der Waals surface area contributed by atoms with Crippen molar-refractivity contribution in [2.45, 2.75) is 213 Å². The molecule has 50 heavy (non-hydrogen) atoms. The Kier molecular flexibility index (Phi) is 26.9. The second-order valence-corrected chi connectivity index (χ2v) is 14.4. The van der Waals surface area contributed by atoms with E-state index in [4.69, 9.17) is 23.7 Å². The maximum Gasteiger partial charge on any atom is 0.303 e. The van der Waals surface area contributed by atoms with Crippen molar-refractivity contribution in [3.8, 4) is 0 Å². The molecule has 0 aromatic carbocycles. The molecule has 5 atom stereocenters. The van der Waals surface area contributed by atoms with Gasteiger partial charge in [-0.1, -0.05) is 142 Å². The molecule has 0 aromatic rings. The first-order valence-corrected chi connectivity index (χ1v) is 20.1.